The number of aryl methyl sites for hydroxylation is 1. The first kappa shape index (κ1) is 22.0. The number of nitrogens with one attached hydrogen (secondary N) is 1. The standard InChI is InChI=1S/C23H29ClN2O2/c1-5-17(3)25-23(28)18(4)26(15-20-10-7-11-21(24)13-20)22(27)14-19-9-6-8-16(2)12-19/h6-13,17-18H,5,14-15H2,1-4H3,(H,25,28)/t17-,18+/m1/s1. The molecular formula is C23H29ClN2O2. The van der Waals surface area contributed by atoms with E-state index in [0.29, 0.717) is 11.6 Å². The molecule has 1 N–H and O–H groups in total. The molecule has 4 nitrogen and oxygen atoms in total. The number of rotatable bonds is 8. The van der Waals surface area contributed by atoms with E-state index in [1.54, 1.807) is 17.9 Å². The molecule has 2 rings (SSSR count). The highest BCUT2D eigenvalue weighted by molar-refractivity contribution is 6.30. The molecule has 28 heavy (non-hydrogen) atoms. The van der Waals surface area contributed by atoms with E-state index >= 15 is 0 Å². The molecule has 0 fully saturated rings. The Balaban J connectivity index is 2.23. The number of carbonyl (C=O) groups is 2. The summed E-state index contributed by atoms with van der Waals surface area (Å²) >= 11 is 6.10. The third-order valence-electron chi connectivity index (χ3n) is 4.85. The average Bonchev–Trinajstić information content (AvgIpc) is 2.65. The molecule has 0 saturated carbocycles. The highest BCUT2D eigenvalue weighted by atomic mass is 35.5. The predicted octanol–water partition coefficient (Wildman–Crippen LogP) is 4.52. The fourth-order valence-corrected chi connectivity index (χ4v) is 3.19. The lowest BCUT2D eigenvalue weighted by molar-refractivity contribution is -0.140. The quantitative estimate of drug-likeness (QED) is 0.708. The van der Waals surface area contributed by atoms with Gasteiger partial charge in [-0.2, -0.15) is 0 Å². The van der Waals surface area contributed by atoms with Crippen molar-refractivity contribution in [1.82, 2.24) is 10.2 Å². The molecule has 0 aliphatic heterocycles. The molecule has 0 heterocycles. The monoisotopic (exact) mass is 400 g/mol. The van der Waals surface area contributed by atoms with Gasteiger partial charge < -0.3 is 10.2 Å². The van der Waals surface area contributed by atoms with Gasteiger partial charge >= 0.3 is 0 Å². The Morgan fingerprint density at radius 1 is 1.07 bits per heavy atom. The summed E-state index contributed by atoms with van der Waals surface area (Å²) in [5.74, 6) is -0.230. The third kappa shape index (κ3) is 6.38. The SMILES string of the molecule is CC[C@@H](C)NC(=O)[C@H](C)N(Cc1cccc(Cl)c1)C(=O)Cc1cccc(C)c1. The topological polar surface area (TPSA) is 49.4 Å². The van der Waals surface area contributed by atoms with Gasteiger partial charge in [0.15, 0.2) is 0 Å². The second-order valence-corrected chi connectivity index (χ2v) is 7.75. The lowest BCUT2D eigenvalue weighted by atomic mass is 10.1. The van der Waals surface area contributed by atoms with Crippen LogP contribution in [0.1, 0.15) is 43.9 Å². The van der Waals surface area contributed by atoms with Crippen LogP contribution in [0.2, 0.25) is 5.02 Å². The summed E-state index contributed by atoms with van der Waals surface area (Å²) < 4.78 is 0. The van der Waals surface area contributed by atoms with Crippen LogP contribution in [0, 0.1) is 6.92 Å². The summed E-state index contributed by atoms with van der Waals surface area (Å²) in [6.45, 7) is 8.08. The minimum Gasteiger partial charge on any atom is -0.352 e. The first-order valence-electron chi connectivity index (χ1n) is 9.70. The molecule has 0 unspecified atom stereocenters. The summed E-state index contributed by atoms with van der Waals surface area (Å²) in [4.78, 5) is 27.4. The summed E-state index contributed by atoms with van der Waals surface area (Å²) in [5, 5.41) is 3.59. The van der Waals surface area contributed by atoms with Gasteiger partial charge in [0, 0.05) is 17.6 Å². The van der Waals surface area contributed by atoms with Gasteiger partial charge in [0.25, 0.3) is 0 Å². The van der Waals surface area contributed by atoms with Crippen LogP contribution in [-0.4, -0.2) is 28.8 Å². The number of amides is 2. The Kier molecular flexibility index (Phi) is 8.06. The van der Waals surface area contributed by atoms with Gasteiger partial charge in [-0.05, 0) is 50.5 Å². The fourth-order valence-electron chi connectivity index (χ4n) is 2.98. The molecule has 5 heteroatoms. The molecule has 150 valence electrons. The Labute approximate surface area is 172 Å². The smallest absolute Gasteiger partial charge is 0.242 e. The lowest BCUT2D eigenvalue weighted by Crippen LogP contribution is -2.49. The van der Waals surface area contributed by atoms with Gasteiger partial charge in [0.05, 0.1) is 6.42 Å². The van der Waals surface area contributed by atoms with Crippen molar-refractivity contribution >= 4 is 23.4 Å². The van der Waals surface area contributed by atoms with E-state index in [1.165, 1.54) is 0 Å². The minimum absolute atomic E-state index is 0.0647. The molecule has 2 aromatic rings. The third-order valence-corrected chi connectivity index (χ3v) is 5.08. The van der Waals surface area contributed by atoms with Crippen LogP contribution in [0.15, 0.2) is 48.5 Å². The average molecular weight is 401 g/mol. The molecule has 2 aromatic carbocycles. The molecule has 0 spiro atoms. The van der Waals surface area contributed by atoms with Crippen LogP contribution in [0.25, 0.3) is 0 Å². The lowest BCUT2D eigenvalue weighted by Gasteiger charge is -2.30. The molecule has 2 atom stereocenters. The van der Waals surface area contributed by atoms with Crippen molar-refractivity contribution in [3.63, 3.8) is 0 Å². The zero-order valence-corrected chi connectivity index (χ0v) is 17.8. The number of halogens is 1. The van der Waals surface area contributed by atoms with Gasteiger partial charge in [0.1, 0.15) is 6.04 Å². The first-order valence-corrected chi connectivity index (χ1v) is 10.1. The molecule has 0 aliphatic carbocycles. The van der Waals surface area contributed by atoms with Crippen molar-refractivity contribution in [3.8, 4) is 0 Å². The number of benzene rings is 2. The Morgan fingerprint density at radius 3 is 2.39 bits per heavy atom. The summed E-state index contributed by atoms with van der Waals surface area (Å²) in [6.07, 6.45) is 1.09. The highest BCUT2D eigenvalue weighted by Gasteiger charge is 2.26. The molecule has 0 saturated heterocycles. The van der Waals surface area contributed by atoms with E-state index in [0.717, 1.165) is 23.1 Å². The maximum Gasteiger partial charge on any atom is 0.242 e. The van der Waals surface area contributed by atoms with Gasteiger partial charge in [-0.1, -0.05) is 60.5 Å². The maximum atomic E-state index is 13.1. The molecule has 0 aromatic heterocycles. The summed E-state index contributed by atoms with van der Waals surface area (Å²) in [5.41, 5.74) is 2.94. The van der Waals surface area contributed by atoms with E-state index in [-0.39, 0.29) is 24.3 Å². The van der Waals surface area contributed by atoms with Crippen LogP contribution in [0.5, 0.6) is 0 Å². The maximum absolute atomic E-state index is 13.1. The van der Waals surface area contributed by atoms with E-state index in [2.05, 4.69) is 5.32 Å². The molecule has 2 amide bonds. The summed E-state index contributed by atoms with van der Waals surface area (Å²) in [6, 6.07) is 14.8. The Bertz CT molecular complexity index is 822. The van der Waals surface area contributed by atoms with Crippen LogP contribution in [0.4, 0.5) is 0 Å². The molecule has 0 bridgehead atoms. The summed E-state index contributed by atoms with van der Waals surface area (Å²) in [7, 11) is 0. The largest absolute Gasteiger partial charge is 0.352 e. The number of hydrogen-bond donors (Lipinski definition) is 1. The van der Waals surface area contributed by atoms with Crippen LogP contribution < -0.4 is 5.32 Å². The van der Waals surface area contributed by atoms with Gasteiger partial charge in [0.2, 0.25) is 11.8 Å². The van der Waals surface area contributed by atoms with Crippen molar-refractivity contribution in [1.29, 1.82) is 0 Å². The normalized spacial score (nSPS) is 12.9. The van der Waals surface area contributed by atoms with Gasteiger partial charge in [-0.25, -0.2) is 0 Å². The Hall–Kier alpha value is -2.33. The minimum atomic E-state index is -0.578. The van der Waals surface area contributed by atoms with Gasteiger partial charge in [-0.3, -0.25) is 9.59 Å². The van der Waals surface area contributed by atoms with Crippen LogP contribution in [-0.2, 0) is 22.6 Å². The predicted molar refractivity (Wildman–Crippen MR) is 114 cm³/mol. The van der Waals surface area contributed by atoms with Crippen LogP contribution in [0.3, 0.4) is 0 Å². The number of nitrogens with zero attached hydrogens (tertiary/aromatic N) is 1. The Morgan fingerprint density at radius 2 is 1.75 bits per heavy atom. The number of hydrogen-bond acceptors (Lipinski definition) is 2. The van der Waals surface area contributed by atoms with Crippen LogP contribution >= 0.6 is 11.6 Å². The van der Waals surface area contributed by atoms with Crippen molar-refractivity contribution in [2.45, 2.75) is 59.2 Å². The van der Waals surface area contributed by atoms with Crippen molar-refractivity contribution in [2.75, 3.05) is 0 Å². The van der Waals surface area contributed by atoms with E-state index in [9.17, 15) is 9.59 Å². The molecule has 0 aliphatic rings. The first-order chi connectivity index (χ1) is 13.3. The van der Waals surface area contributed by atoms with Gasteiger partial charge in [-0.15, -0.1) is 0 Å². The van der Waals surface area contributed by atoms with Crippen molar-refractivity contribution in [3.05, 3.63) is 70.2 Å². The van der Waals surface area contributed by atoms with E-state index in [1.807, 2.05) is 63.2 Å². The zero-order valence-electron chi connectivity index (χ0n) is 17.0. The second kappa shape index (κ2) is 10.3. The zero-order chi connectivity index (χ0) is 20.7. The molecular weight excluding hydrogens is 372 g/mol. The second-order valence-electron chi connectivity index (χ2n) is 7.31. The van der Waals surface area contributed by atoms with E-state index in [4.69, 9.17) is 11.6 Å². The molecule has 0 radical (unpaired) electrons. The number of carbonyl (C=O) groups excluding carboxylic acids is 2. The van der Waals surface area contributed by atoms with Crippen molar-refractivity contribution in [2.24, 2.45) is 0 Å². The fraction of sp³-hybridized carbons (Fsp3) is 0.391. The highest BCUT2D eigenvalue weighted by Crippen LogP contribution is 2.16. The van der Waals surface area contributed by atoms with E-state index < -0.39 is 6.04 Å². The van der Waals surface area contributed by atoms with Crippen molar-refractivity contribution < 1.29 is 9.59 Å².